The fourth-order valence-electron chi connectivity index (χ4n) is 2.77. The highest BCUT2D eigenvalue weighted by molar-refractivity contribution is 6.30. The summed E-state index contributed by atoms with van der Waals surface area (Å²) in [4.78, 5) is 12.0. The number of carbonyl (C=O) groups excluding carboxylic acids is 1. The molecule has 6 heteroatoms. The largest absolute Gasteiger partial charge is 0.490 e. The summed E-state index contributed by atoms with van der Waals surface area (Å²) < 4.78 is 12.5. The molecule has 0 unspecified atom stereocenters. The summed E-state index contributed by atoms with van der Waals surface area (Å²) in [6, 6.07) is 16.9. The molecule has 0 amide bonds. The minimum absolute atomic E-state index is 0.150. The first-order valence-electron chi connectivity index (χ1n) is 8.89. The molecule has 3 rings (SSSR count). The predicted octanol–water partition coefficient (Wildman–Crippen LogP) is 4.78. The standard InChI is InChI=1S/C22H21ClN2O3/c1-16-21(17(2)25(24-16)19-8-4-3-5-9-19)11-12-22(26)28-14-13-27-20-10-6-7-18(23)15-20/h3-12,15H,13-14H2,1-2H3/b12-11+. The molecular formula is C22H21ClN2O3. The van der Waals surface area contributed by atoms with Crippen LogP contribution in [0.3, 0.4) is 0 Å². The van der Waals surface area contributed by atoms with Crippen molar-refractivity contribution in [2.45, 2.75) is 13.8 Å². The van der Waals surface area contributed by atoms with E-state index in [1.807, 2.05) is 48.9 Å². The lowest BCUT2D eigenvalue weighted by molar-refractivity contribution is -0.138. The summed E-state index contributed by atoms with van der Waals surface area (Å²) >= 11 is 5.89. The van der Waals surface area contributed by atoms with Crippen molar-refractivity contribution in [1.82, 2.24) is 9.78 Å². The van der Waals surface area contributed by atoms with E-state index >= 15 is 0 Å². The van der Waals surface area contributed by atoms with Gasteiger partial charge in [-0.1, -0.05) is 35.9 Å². The van der Waals surface area contributed by atoms with Crippen LogP contribution < -0.4 is 4.74 Å². The molecule has 0 saturated carbocycles. The Hall–Kier alpha value is -3.05. The van der Waals surface area contributed by atoms with E-state index in [0.29, 0.717) is 10.8 Å². The van der Waals surface area contributed by atoms with E-state index in [0.717, 1.165) is 22.6 Å². The van der Waals surface area contributed by atoms with E-state index in [-0.39, 0.29) is 13.2 Å². The molecule has 0 aliphatic carbocycles. The van der Waals surface area contributed by atoms with Crippen LogP contribution in [0.5, 0.6) is 5.75 Å². The minimum Gasteiger partial charge on any atom is -0.490 e. The van der Waals surface area contributed by atoms with Gasteiger partial charge in [-0.3, -0.25) is 0 Å². The van der Waals surface area contributed by atoms with Crippen molar-refractivity contribution in [1.29, 1.82) is 0 Å². The SMILES string of the molecule is Cc1nn(-c2ccccc2)c(C)c1/C=C/C(=O)OCCOc1cccc(Cl)c1. The van der Waals surface area contributed by atoms with Gasteiger partial charge in [0.05, 0.1) is 11.4 Å². The van der Waals surface area contributed by atoms with Gasteiger partial charge < -0.3 is 9.47 Å². The Morgan fingerprint density at radius 3 is 2.64 bits per heavy atom. The number of rotatable bonds is 7. The number of ether oxygens (including phenoxy) is 2. The van der Waals surface area contributed by atoms with Crippen LogP contribution in [-0.4, -0.2) is 29.0 Å². The maximum Gasteiger partial charge on any atom is 0.330 e. The third-order valence-electron chi connectivity index (χ3n) is 4.13. The lowest BCUT2D eigenvalue weighted by Gasteiger charge is -2.06. The molecule has 1 heterocycles. The maximum absolute atomic E-state index is 12.0. The Morgan fingerprint density at radius 2 is 1.89 bits per heavy atom. The highest BCUT2D eigenvalue weighted by Crippen LogP contribution is 2.19. The molecule has 0 fully saturated rings. The van der Waals surface area contributed by atoms with Gasteiger partial charge in [-0.25, -0.2) is 9.48 Å². The van der Waals surface area contributed by atoms with Crippen LogP contribution in [0.15, 0.2) is 60.7 Å². The van der Waals surface area contributed by atoms with Gasteiger partial charge in [0.2, 0.25) is 0 Å². The van der Waals surface area contributed by atoms with Crippen LogP contribution in [0.1, 0.15) is 17.0 Å². The Labute approximate surface area is 169 Å². The Bertz CT molecular complexity index is 981. The minimum atomic E-state index is -0.430. The fourth-order valence-corrected chi connectivity index (χ4v) is 2.95. The lowest BCUT2D eigenvalue weighted by atomic mass is 10.2. The first-order valence-corrected chi connectivity index (χ1v) is 9.27. The van der Waals surface area contributed by atoms with Crippen molar-refractivity contribution in [2.24, 2.45) is 0 Å². The number of aromatic nitrogens is 2. The second-order valence-electron chi connectivity index (χ2n) is 6.14. The number of nitrogens with zero attached hydrogens (tertiary/aromatic N) is 2. The molecule has 0 saturated heterocycles. The molecule has 0 bridgehead atoms. The zero-order valence-electron chi connectivity index (χ0n) is 15.8. The van der Waals surface area contributed by atoms with Crippen LogP contribution in [0.25, 0.3) is 11.8 Å². The molecule has 0 N–H and O–H groups in total. The van der Waals surface area contributed by atoms with Crippen molar-refractivity contribution in [3.05, 3.63) is 82.6 Å². The third kappa shape index (κ3) is 5.02. The fraction of sp³-hybridized carbons (Fsp3) is 0.182. The Balaban J connectivity index is 1.55. The number of para-hydroxylation sites is 1. The van der Waals surface area contributed by atoms with Gasteiger partial charge in [0.1, 0.15) is 19.0 Å². The molecule has 0 radical (unpaired) electrons. The van der Waals surface area contributed by atoms with Crippen molar-refractivity contribution in [3.63, 3.8) is 0 Å². The number of benzene rings is 2. The molecule has 3 aromatic rings. The second kappa shape index (κ2) is 9.24. The van der Waals surface area contributed by atoms with Gasteiger partial charge in [-0.15, -0.1) is 0 Å². The third-order valence-corrected chi connectivity index (χ3v) is 4.36. The van der Waals surface area contributed by atoms with E-state index < -0.39 is 5.97 Å². The average molecular weight is 397 g/mol. The van der Waals surface area contributed by atoms with Crippen molar-refractivity contribution >= 4 is 23.6 Å². The molecular weight excluding hydrogens is 376 g/mol. The van der Waals surface area contributed by atoms with Crippen LogP contribution >= 0.6 is 11.6 Å². The molecule has 0 aliphatic rings. The summed E-state index contributed by atoms with van der Waals surface area (Å²) in [5, 5.41) is 5.15. The first kappa shape index (κ1) is 19.7. The molecule has 1 aromatic heterocycles. The second-order valence-corrected chi connectivity index (χ2v) is 6.57. The highest BCUT2D eigenvalue weighted by Gasteiger charge is 2.11. The monoisotopic (exact) mass is 396 g/mol. The van der Waals surface area contributed by atoms with Crippen LogP contribution in [0, 0.1) is 13.8 Å². The summed E-state index contributed by atoms with van der Waals surface area (Å²) in [6.07, 6.45) is 3.14. The highest BCUT2D eigenvalue weighted by atomic mass is 35.5. The maximum atomic E-state index is 12.0. The summed E-state index contributed by atoms with van der Waals surface area (Å²) in [5.74, 6) is 0.208. The van der Waals surface area contributed by atoms with E-state index in [1.54, 1.807) is 30.3 Å². The van der Waals surface area contributed by atoms with Crippen LogP contribution in [0.2, 0.25) is 5.02 Å². The van der Waals surface area contributed by atoms with Gasteiger partial charge in [-0.05, 0) is 50.3 Å². The van der Waals surface area contributed by atoms with Crippen molar-refractivity contribution in [2.75, 3.05) is 13.2 Å². The Kier molecular flexibility index (Phi) is 6.50. The topological polar surface area (TPSA) is 53.4 Å². The zero-order valence-corrected chi connectivity index (χ0v) is 16.5. The predicted molar refractivity (Wildman–Crippen MR) is 110 cm³/mol. The van der Waals surface area contributed by atoms with Crippen molar-refractivity contribution < 1.29 is 14.3 Å². The van der Waals surface area contributed by atoms with Gasteiger partial charge in [0, 0.05) is 22.4 Å². The summed E-state index contributed by atoms with van der Waals surface area (Å²) in [6.45, 7) is 4.29. The number of esters is 1. The summed E-state index contributed by atoms with van der Waals surface area (Å²) in [7, 11) is 0. The van der Waals surface area contributed by atoms with Crippen molar-refractivity contribution in [3.8, 4) is 11.4 Å². The molecule has 2 aromatic carbocycles. The smallest absolute Gasteiger partial charge is 0.330 e. The van der Waals surface area contributed by atoms with E-state index in [2.05, 4.69) is 5.10 Å². The zero-order chi connectivity index (χ0) is 19.9. The van der Waals surface area contributed by atoms with Gasteiger partial charge in [0.15, 0.2) is 0 Å². The number of carbonyl (C=O) groups is 1. The molecule has 144 valence electrons. The number of hydrogen-bond donors (Lipinski definition) is 0. The van der Waals surface area contributed by atoms with Gasteiger partial charge >= 0.3 is 5.97 Å². The summed E-state index contributed by atoms with van der Waals surface area (Å²) in [5.41, 5.74) is 3.67. The van der Waals surface area contributed by atoms with E-state index in [1.165, 1.54) is 6.08 Å². The van der Waals surface area contributed by atoms with Gasteiger partial charge in [0.25, 0.3) is 0 Å². The number of halogens is 1. The molecule has 28 heavy (non-hydrogen) atoms. The number of hydrogen-bond acceptors (Lipinski definition) is 4. The van der Waals surface area contributed by atoms with E-state index in [4.69, 9.17) is 21.1 Å². The Morgan fingerprint density at radius 1 is 1.11 bits per heavy atom. The van der Waals surface area contributed by atoms with Gasteiger partial charge in [-0.2, -0.15) is 5.10 Å². The van der Waals surface area contributed by atoms with Crippen LogP contribution in [0.4, 0.5) is 0 Å². The normalized spacial score (nSPS) is 11.0. The first-order chi connectivity index (χ1) is 13.5. The average Bonchev–Trinajstić information content (AvgIpc) is 2.98. The molecule has 0 spiro atoms. The van der Waals surface area contributed by atoms with Crippen LogP contribution in [-0.2, 0) is 9.53 Å². The van der Waals surface area contributed by atoms with E-state index in [9.17, 15) is 4.79 Å². The number of aryl methyl sites for hydroxylation is 1. The lowest BCUT2D eigenvalue weighted by Crippen LogP contribution is -2.10. The molecule has 0 atom stereocenters. The molecule has 5 nitrogen and oxygen atoms in total. The molecule has 0 aliphatic heterocycles. The quantitative estimate of drug-likeness (QED) is 0.327.